The summed E-state index contributed by atoms with van der Waals surface area (Å²) in [4.78, 5) is 52.3. The number of benzene rings is 1. The third kappa shape index (κ3) is 4.47. The number of rotatable bonds is 7. The van der Waals surface area contributed by atoms with Crippen molar-refractivity contribution in [3.8, 4) is 0 Å². The van der Waals surface area contributed by atoms with Crippen molar-refractivity contribution in [2.24, 2.45) is 0 Å². The van der Waals surface area contributed by atoms with Crippen LogP contribution in [0.1, 0.15) is 30.9 Å². The molecule has 2 saturated heterocycles. The van der Waals surface area contributed by atoms with E-state index in [1.807, 2.05) is 44.2 Å². The van der Waals surface area contributed by atoms with Gasteiger partial charge in [0.25, 0.3) is 0 Å². The number of hydrogen-bond donors (Lipinski definition) is 1. The maximum absolute atomic E-state index is 13.0. The molecule has 2 amide bonds. The highest BCUT2D eigenvalue weighted by Crippen LogP contribution is 2.51. The molecule has 33 heavy (non-hydrogen) atoms. The second-order valence-electron chi connectivity index (χ2n) is 8.23. The summed E-state index contributed by atoms with van der Waals surface area (Å²) in [5.41, 5.74) is 1.27. The number of carbonyl (C=O) groups is 4. The topological polar surface area (TPSA) is 102 Å². The monoisotopic (exact) mass is 508 g/mol. The summed E-state index contributed by atoms with van der Waals surface area (Å²) in [6, 6.07) is 9.21. The fourth-order valence-electron chi connectivity index (χ4n) is 4.05. The zero-order valence-corrected chi connectivity index (χ0v) is 20.1. The quantitative estimate of drug-likeness (QED) is 0.348. The van der Waals surface area contributed by atoms with Crippen molar-refractivity contribution < 1.29 is 28.2 Å². The zero-order chi connectivity index (χ0) is 23.8. The molecule has 2 aromatic rings. The van der Waals surface area contributed by atoms with Crippen molar-refractivity contribution in [1.29, 1.82) is 0 Å². The van der Waals surface area contributed by atoms with Crippen LogP contribution < -0.4 is 5.32 Å². The molecule has 0 aliphatic carbocycles. The second kappa shape index (κ2) is 9.36. The molecule has 0 bridgehead atoms. The molecule has 0 radical (unpaired) electrons. The number of halogens is 1. The Morgan fingerprint density at radius 2 is 1.94 bits per heavy atom. The Balaban J connectivity index is 1.45. The highest BCUT2D eigenvalue weighted by Gasteiger charge is 2.64. The van der Waals surface area contributed by atoms with Crippen LogP contribution in [0.15, 0.2) is 47.2 Å². The molecular formula is C22H21ClN2O6S2. The van der Waals surface area contributed by atoms with Crippen LogP contribution in [0.25, 0.3) is 0 Å². The molecule has 0 spiro atoms. The van der Waals surface area contributed by atoms with Gasteiger partial charge in [0.15, 0.2) is 5.92 Å². The molecule has 11 heteroatoms. The maximum atomic E-state index is 13.0. The number of fused-ring (bicyclic) bond motifs is 1. The largest absolute Gasteiger partial charge is 0.459 e. The fraction of sp³-hybridized carbons (Fsp3) is 0.364. The van der Waals surface area contributed by atoms with Gasteiger partial charge < -0.3 is 19.2 Å². The lowest BCUT2D eigenvalue weighted by molar-refractivity contribution is -0.165. The summed E-state index contributed by atoms with van der Waals surface area (Å²) in [5, 5.41) is 5.54. The lowest BCUT2D eigenvalue weighted by Crippen LogP contribution is -2.71. The summed E-state index contributed by atoms with van der Waals surface area (Å²) >= 11 is 7.93. The minimum atomic E-state index is -1.29. The first kappa shape index (κ1) is 23.6. The third-order valence-corrected chi connectivity index (χ3v) is 8.06. The van der Waals surface area contributed by atoms with Gasteiger partial charge in [-0.25, -0.2) is 9.59 Å². The molecule has 3 heterocycles. The van der Waals surface area contributed by atoms with E-state index < -0.39 is 51.9 Å². The van der Waals surface area contributed by atoms with E-state index in [-0.39, 0.29) is 6.61 Å². The van der Waals surface area contributed by atoms with Crippen molar-refractivity contribution in [2.75, 3.05) is 0 Å². The van der Waals surface area contributed by atoms with E-state index in [4.69, 9.17) is 16.6 Å². The van der Waals surface area contributed by atoms with Crippen LogP contribution in [-0.2, 0) is 34.8 Å². The van der Waals surface area contributed by atoms with Gasteiger partial charge in [0.2, 0.25) is 11.8 Å². The Hall–Kier alpha value is -2.56. The predicted molar refractivity (Wildman–Crippen MR) is 123 cm³/mol. The van der Waals surface area contributed by atoms with E-state index in [2.05, 4.69) is 9.61 Å². The molecule has 2 aliphatic heterocycles. The smallest absolute Gasteiger partial charge is 0.341 e. The third-order valence-electron chi connectivity index (χ3n) is 5.64. The van der Waals surface area contributed by atoms with Crippen molar-refractivity contribution in [3.63, 3.8) is 0 Å². The van der Waals surface area contributed by atoms with Crippen LogP contribution in [0.4, 0.5) is 0 Å². The summed E-state index contributed by atoms with van der Waals surface area (Å²) in [7, 11) is 0. The van der Waals surface area contributed by atoms with Gasteiger partial charge >= 0.3 is 11.9 Å². The first-order chi connectivity index (χ1) is 15.7. The van der Waals surface area contributed by atoms with Gasteiger partial charge in [0.05, 0.1) is 0 Å². The normalized spacial score (nSPS) is 23.8. The van der Waals surface area contributed by atoms with Crippen molar-refractivity contribution >= 4 is 58.7 Å². The van der Waals surface area contributed by atoms with Gasteiger partial charge in [-0.15, -0.1) is 11.8 Å². The maximum Gasteiger partial charge on any atom is 0.341 e. The number of carbonyl (C=O) groups excluding carboxylic acids is 4. The number of thiophene rings is 1. The van der Waals surface area contributed by atoms with Crippen LogP contribution in [0.3, 0.4) is 0 Å². The average Bonchev–Trinajstić information content (AvgIpc) is 3.41. The molecule has 2 fully saturated rings. The molecule has 0 saturated carbocycles. The van der Waals surface area contributed by atoms with Gasteiger partial charge in [0, 0.05) is 4.75 Å². The lowest BCUT2D eigenvalue weighted by atomic mass is 9.95. The first-order valence-electron chi connectivity index (χ1n) is 10.1. The Morgan fingerprint density at radius 1 is 1.21 bits per heavy atom. The lowest BCUT2D eigenvalue weighted by Gasteiger charge is -2.44. The number of thioether (sulfide) groups is 1. The Bertz CT molecular complexity index is 1060. The van der Waals surface area contributed by atoms with E-state index >= 15 is 0 Å². The molecule has 174 valence electrons. The van der Waals surface area contributed by atoms with Crippen LogP contribution in [0.2, 0.25) is 0 Å². The van der Waals surface area contributed by atoms with Crippen molar-refractivity contribution in [2.45, 2.75) is 48.6 Å². The van der Waals surface area contributed by atoms with Gasteiger partial charge in [0.1, 0.15) is 35.9 Å². The first-order valence-corrected chi connectivity index (χ1v) is 12.2. The summed E-state index contributed by atoms with van der Waals surface area (Å²) < 4.78 is 9.12. The standard InChI is InChI=1S/C22H21ClN2O6S2/c1-22(2)16(21(29)30-10-12-6-4-3-5-7-12)25-18(27)15(19(25)33-22)24-17(26)14(20(28)31-23)13-8-9-32-11-13/h3-9,11,14-16,19H,10H2,1-2H3,(H,24,26)/t14?,15?,16-,19+/m0/s1. The van der Waals surface area contributed by atoms with Crippen LogP contribution >= 0.6 is 35.0 Å². The molecule has 1 N–H and O–H groups in total. The summed E-state index contributed by atoms with van der Waals surface area (Å²) in [6.07, 6.45) is 0. The second-order valence-corrected chi connectivity index (χ2v) is 10.9. The molecular weight excluding hydrogens is 488 g/mol. The zero-order valence-electron chi connectivity index (χ0n) is 17.7. The number of nitrogens with one attached hydrogen (secondary N) is 1. The van der Waals surface area contributed by atoms with E-state index in [0.29, 0.717) is 5.56 Å². The average molecular weight is 509 g/mol. The molecule has 4 atom stereocenters. The molecule has 1 aromatic heterocycles. The Morgan fingerprint density at radius 3 is 2.58 bits per heavy atom. The van der Waals surface area contributed by atoms with Crippen LogP contribution in [0, 0.1) is 0 Å². The van der Waals surface area contributed by atoms with Crippen LogP contribution in [-0.4, -0.2) is 50.9 Å². The number of nitrogens with zero attached hydrogens (tertiary/aromatic N) is 1. The van der Waals surface area contributed by atoms with Gasteiger partial charge in [-0.2, -0.15) is 11.3 Å². The highest BCUT2D eigenvalue weighted by atomic mass is 35.5. The minimum absolute atomic E-state index is 0.104. The van der Waals surface area contributed by atoms with Gasteiger partial charge in [-0.1, -0.05) is 30.3 Å². The van der Waals surface area contributed by atoms with Gasteiger partial charge in [-0.05, 0) is 41.8 Å². The molecule has 8 nitrogen and oxygen atoms in total. The van der Waals surface area contributed by atoms with Crippen molar-refractivity contribution in [3.05, 3.63) is 58.3 Å². The summed E-state index contributed by atoms with van der Waals surface area (Å²) in [6.45, 7) is 3.82. The molecule has 1 aromatic carbocycles. The number of amides is 2. The fourth-order valence-corrected chi connectivity index (χ4v) is 6.44. The number of esters is 1. The SMILES string of the molecule is CC1(C)S[C@@H]2C(NC(=O)C(C(=O)OCl)c3ccsc3)C(=O)N2[C@H]1C(=O)OCc1ccccc1. The van der Waals surface area contributed by atoms with E-state index in [1.54, 1.807) is 16.8 Å². The number of hydrogen-bond acceptors (Lipinski definition) is 8. The predicted octanol–water partition coefficient (Wildman–Crippen LogP) is 2.82. The number of β-lactam (4-membered cyclic amide) rings is 1. The van der Waals surface area contributed by atoms with E-state index in [0.717, 1.165) is 5.56 Å². The molecule has 4 rings (SSSR count). The minimum Gasteiger partial charge on any atom is -0.459 e. The molecule has 2 unspecified atom stereocenters. The highest BCUT2D eigenvalue weighted by molar-refractivity contribution is 8.01. The Kier molecular flexibility index (Phi) is 6.69. The van der Waals surface area contributed by atoms with E-state index in [1.165, 1.54) is 28.0 Å². The van der Waals surface area contributed by atoms with E-state index in [9.17, 15) is 19.2 Å². The number of ether oxygens (including phenoxy) is 1. The Labute approximate surface area is 203 Å². The van der Waals surface area contributed by atoms with Crippen LogP contribution in [0.5, 0.6) is 0 Å². The van der Waals surface area contributed by atoms with Crippen molar-refractivity contribution in [1.82, 2.24) is 10.2 Å². The van der Waals surface area contributed by atoms with Gasteiger partial charge in [-0.3, -0.25) is 9.59 Å². The summed E-state index contributed by atoms with van der Waals surface area (Å²) in [5.74, 6) is -3.82. The molecule has 2 aliphatic rings.